The third kappa shape index (κ3) is 6.76. The summed E-state index contributed by atoms with van der Waals surface area (Å²) in [5.41, 5.74) is 6.55. The van der Waals surface area contributed by atoms with Crippen molar-refractivity contribution in [3.63, 3.8) is 0 Å². The highest BCUT2D eigenvalue weighted by Crippen LogP contribution is 2.25. The molecule has 154 valence electrons. The summed E-state index contributed by atoms with van der Waals surface area (Å²) in [6.07, 6.45) is 0. The van der Waals surface area contributed by atoms with E-state index in [9.17, 15) is 9.59 Å². The van der Waals surface area contributed by atoms with Gasteiger partial charge < -0.3 is 9.47 Å². The standard InChI is InChI=1S/C21H25N3O4S/c1-21(2,3)15-11-9-14(10-12-15)19(26)23-24-20(29)22-18(25)13-28-17-8-6-5-7-16(17)27-4/h5-12H,13H2,1-4H3,(H,23,26)(H2,22,24,25,29). The molecule has 0 heterocycles. The van der Waals surface area contributed by atoms with Crippen molar-refractivity contribution in [1.82, 2.24) is 16.2 Å². The fraction of sp³-hybridized carbons (Fsp3) is 0.286. The lowest BCUT2D eigenvalue weighted by atomic mass is 9.87. The Hall–Kier alpha value is -3.13. The topological polar surface area (TPSA) is 88.7 Å². The summed E-state index contributed by atoms with van der Waals surface area (Å²) >= 11 is 5.01. The second kappa shape index (κ2) is 9.88. The van der Waals surface area contributed by atoms with Crippen molar-refractivity contribution < 1.29 is 19.1 Å². The van der Waals surface area contributed by atoms with E-state index in [1.165, 1.54) is 7.11 Å². The first-order valence-electron chi connectivity index (χ1n) is 8.97. The summed E-state index contributed by atoms with van der Waals surface area (Å²) < 4.78 is 10.6. The molecule has 3 N–H and O–H groups in total. The Morgan fingerprint density at radius 2 is 1.59 bits per heavy atom. The Kier molecular flexibility index (Phi) is 7.55. The van der Waals surface area contributed by atoms with Crippen molar-refractivity contribution >= 4 is 29.1 Å². The Morgan fingerprint density at radius 1 is 0.966 bits per heavy atom. The van der Waals surface area contributed by atoms with Crippen LogP contribution in [0.3, 0.4) is 0 Å². The summed E-state index contributed by atoms with van der Waals surface area (Å²) in [5, 5.41) is 2.38. The minimum absolute atomic E-state index is 0.00490. The molecular weight excluding hydrogens is 390 g/mol. The summed E-state index contributed by atoms with van der Waals surface area (Å²) in [4.78, 5) is 24.1. The van der Waals surface area contributed by atoms with Crippen molar-refractivity contribution in [2.75, 3.05) is 13.7 Å². The summed E-state index contributed by atoms with van der Waals surface area (Å²) in [6.45, 7) is 6.04. The number of amides is 2. The Bertz CT molecular complexity index is 876. The van der Waals surface area contributed by atoms with Gasteiger partial charge in [0, 0.05) is 5.56 Å². The van der Waals surface area contributed by atoms with Crippen molar-refractivity contribution in [3.05, 3.63) is 59.7 Å². The molecule has 0 spiro atoms. The number of benzene rings is 2. The van der Waals surface area contributed by atoms with Gasteiger partial charge in [0.15, 0.2) is 23.2 Å². The maximum Gasteiger partial charge on any atom is 0.269 e. The van der Waals surface area contributed by atoms with Crippen LogP contribution in [0.15, 0.2) is 48.5 Å². The van der Waals surface area contributed by atoms with Crippen LogP contribution >= 0.6 is 12.2 Å². The van der Waals surface area contributed by atoms with Gasteiger partial charge in [-0.25, -0.2) is 0 Å². The van der Waals surface area contributed by atoms with Crippen molar-refractivity contribution in [2.45, 2.75) is 26.2 Å². The van der Waals surface area contributed by atoms with E-state index >= 15 is 0 Å². The molecule has 0 saturated heterocycles. The normalized spacial score (nSPS) is 10.6. The first-order chi connectivity index (χ1) is 13.7. The van der Waals surface area contributed by atoms with Crippen LogP contribution < -0.4 is 25.6 Å². The number of nitrogens with one attached hydrogen (secondary N) is 3. The molecule has 2 aromatic rings. The zero-order valence-electron chi connectivity index (χ0n) is 16.9. The van der Waals surface area contributed by atoms with Gasteiger partial charge in [0.2, 0.25) is 0 Å². The molecule has 7 nitrogen and oxygen atoms in total. The number of carbonyl (C=O) groups is 2. The van der Waals surface area contributed by atoms with E-state index in [4.69, 9.17) is 21.7 Å². The van der Waals surface area contributed by atoms with E-state index in [0.29, 0.717) is 17.1 Å². The molecule has 0 aliphatic rings. The third-order valence-electron chi connectivity index (χ3n) is 3.98. The largest absolute Gasteiger partial charge is 0.493 e. The smallest absolute Gasteiger partial charge is 0.269 e. The van der Waals surface area contributed by atoms with E-state index in [1.807, 2.05) is 12.1 Å². The fourth-order valence-electron chi connectivity index (χ4n) is 2.38. The SMILES string of the molecule is COc1ccccc1OCC(=O)NC(=S)NNC(=O)c1ccc(C(C)(C)C)cc1. The van der Waals surface area contributed by atoms with Gasteiger partial charge >= 0.3 is 0 Å². The number of rotatable bonds is 5. The van der Waals surface area contributed by atoms with E-state index in [0.717, 1.165) is 5.56 Å². The Morgan fingerprint density at radius 3 is 2.17 bits per heavy atom. The molecule has 0 radical (unpaired) electrons. The maximum atomic E-state index is 12.2. The van der Waals surface area contributed by atoms with Gasteiger partial charge in [-0.15, -0.1) is 0 Å². The molecule has 0 bridgehead atoms. The first-order valence-corrected chi connectivity index (χ1v) is 9.38. The first kappa shape index (κ1) is 22.2. The second-order valence-corrected chi connectivity index (χ2v) is 7.63. The van der Waals surface area contributed by atoms with Gasteiger partial charge in [0.25, 0.3) is 11.8 Å². The minimum atomic E-state index is -0.475. The van der Waals surface area contributed by atoms with Crippen LogP contribution in [0.2, 0.25) is 0 Å². The predicted molar refractivity (Wildman–Crippen MR) is 115 cm³/mol. The molecule has 0 unspecified atom stereocenters. The van der Waals surface area contributed by atoms with Gasteiger partial charge in [-0.05, 0) is 47.5 Å². The molecule has 8 heteroatoms. The summed E-state index contributed by atoms with van der Waals surface area (Å²) in [5.74, 6) is 0.117. The van der Waals surface area contributed by atoms with Crippen LogP contribution in [0, 0.1) is 0 Å². The highest BCUT2D eigenvalue weighted by Gasteiger charge is 2.14. The number of para-hydroxylation sites is 2. The molecule has 0 aliphatic carbocycles. The number of thiocarbonyl (C=S) groups is 1. The van der Waals surface area contributed by atoms with Crippen molar-refractivity contribution in [3.8, 4) is 11.5 Å². The molecule has 2 aromatic carbocycles. The van der Waals surface area contributed by atoms with Crippen LogP contribution in [0.25, 0.3) is 0 Å². The van der Waals surface area contributed by atoms with E-state index in [2.05, 4.69) is 36.9 Å². The number of methoxy groups -OCH3 is 1. The lowest BCUT2D eigenvalue weighted by molar-refractivity contribution is -0.121. The van der Waals surface area contributed by atoms with Crippen molar-refractivity contribution in [1.29, 1.82) is 0 Å². The quantitative estimate of drug-likeness (QED) is 0.514. The maximum absolute atomic E-state index is 12.2. The monoisotopic (exact) mass is 415 g/mol. The van der Waals surface area contributed by atoms with Crippen LogP contribution in [-0.2, 0) is 10.2 Å². The van der Waals surface area contributed by atoms with Crippen LogP contribution in [0.1, 0.15) is 36.7 Å². The van der Waals surface area contributed by atoms with E-state index in [1.54, 1.807) is 36.4 Å². The number of hydrogen-bond acceptors (Lipinski definition) is 5. The number of ether oxygens (including phenoxy) is 2. The molecule has 0 aromatic heterocycles. The molecule has 0 aliphatic heterocycles. The molecule has 29 heavy (non-hydrogen) atoms. The predicted octanol–water partition coefficient (Wildman–Crippen LogP) is 2.71. The number of carbonyl (C=O) groups excluding carboxylic acids is 2. The molecule has 2 amide bonds. The zero-order chi connectivity index (χ0) is 21.4. The third-order valence-corrected chi connectivity index (χ3v) is 4.19. The Labute approximate surface area is 175 Å². The molecular formula is C21H25N3O4S. The van der Waals surface area contributed by atoms with Crippen LogP contribution in [0.5, 0.6) is 11.5 Å². The van der Waals surface area contributed by atoms with Gasteiger partial charge in [-0.1, -0.05) is 45.0 Å². The van der Waals surface area contributed by atoms with Crippen molar-refractivity contribution in [2.24, 2.45) is 0 Å². The highest BCUT2D eigenvalue weighted by molar-refractivity contribution is 7.80. The van der Waals surface area contributed by atoms with Gasteiger partial charge in [-0.3, -0.25) is 25.8 Å². The molecule has 0 atom stereocenters. The molecule has 2 rings (SSSR count). The van der Waals surface area contributed by atoms with Gasteiger partial charge in [-0.2, -0.15) is 0 Å². The fourth-order valence-corrected chi connectivity index (χ4v) is 2.55. The minimum Gasteiger partial charge on any atom is -0.493 e. The molecule has 0 saturated carbocycles. The average Bonchev–Trinajstić information content (AvgIpc) is 2.70. The zero-order valence-corrected chi connectivity index (χ0v) is 17.7. The number of hydrogen-bond donors (Lipinski definition) is 3. The number of hydrazine groups is 1. The lowest BCUT2D eigenvalue weighted by Gasteiger charge is -2.19. The van der Waals surface area contributed by atoms with Gasteiger partial charge in [0.05, 0.1) is 7.11 Å². The van der Waals surface area contributed by atoms with Crippen LogP contribution in [-0.4, -0.2) is 30.6 Å². The highest BCUT2D eigenvalue weighted by atomic mass is 32.1. The Balaban J connectivity index is 1.78. The summed E-state index contributed by atoms with van der Waals surface area (Å²) in [6, 6.07) is 14.3. The van der Waals surface area contributed by atoms with Crippen LogP contribution in [0.4, 0.5) is 0 Å². The lowest BCUT2D eigenvalue weighted by Crippen LogP contribution is -2.49. The van der Waals surface area contributed by atoms with E-state index in [-0.39, 0.29) is 23.0 Å². The van der Waals surface area contributed by atoms with E-state index < -0.39 is 5.91 Å². The second-order valence-electron chi connectivity index (χ2n) is 7.22. The molecule has 0 fully saturated rings. The van der Waals surface area contributed by atoms with Gasteiger partial charge in [0.1, 0.15) is 0 Å². The summed E-state index contributed by atoms with van der Waals surface area (Å²) in [7, 11) is 1.51. The average molecular weight is 416 g/mol.